The lowest BCUT2D eigenvalue weighted by atomic mass is 9.95. The van der Waals surface area contributed by atoms with Gasteiger partial charge in [-0.05, 0) is 72.4 Å². The number of nitrogens with one attached hydrogen (secondary N) is 1. The highest BCUT2D eigenvalue weighted by atomic mass is 35.5. The number of halogens is 2. The number of anilines is 2. The quantitative estimate of drug-likeness (QED) is 0.163. The third-order valence-electron chi connectivity index (χ3n) is 8.35. The van der Waals surface area contributed by atoms with Crippen molar-refractivity contribution in [1.82, 2.24) is 19.7 Å². The fourth-order valence-electron chi connectivity index (χ4n) is 4.97. The van der Waals surface area contributed by atoms with Crippen molar-refractivity contribution >= 4 is 53.0 Å². The first kappa shape index (κ1) is 29.7. The Kier molecular flexibility index (Phi) is 8.06. The summed E-state index contributed by atoms with van der Waals surface area (Å²) in [6, 6.07) is 11.8. The van der Waals surface area contributed by atoms with E-state index in [1.165, 1.54) is 28.1 Å². The Morgan fingerprint density at radius 2 is 1.95 bits per heavy atom. The summed E-state index contributed by atoms with van der Waals surface area (Å²) < 4.78 is 27.8. The lowest BCUT2D eigenvalue weighted by Crippen LogP contribution is -2.41. The van der Waals surface area contributed by atoms with E-state index in [1.54, 1.807) is 29.8 Å². The molecule has 0 fully saturated rings. The van der Waals surface area contributed by atoms with Crippen LogP contribution in [0.2, 0.25) is 23.2 Å². The van der Waals surface area contributed by atoms with Crippen LogP contribution in [0.25, 0.3) is 20.7 Å². The molecule has 1 N–H and O–H groups in total. The third-order valence-corrected chi connectivity index (χ3v) is 14.4. The van der Waals surface area contributed by atoms with Crippen LogP contribution in [0, 0.1) is 5.82 Å². The average molecular weight is 636 g/mol. The molecule has 1 aliphatic rings. The van der Waals surface area contributed by atoms with Crippen LogP contribution in [0.3, 0.4) is 0 Å². The fraction of sp³-hybridized carbons (Fsp3) is 0.344. The molecule has 224 valence electrons. The van der Waals surface area contributed by atoms with Crippen LogP contribution in [0.1, 0.15) is 37.6 Å². The number of rotatable bonds is 9. The second-order valence-corrected chi connectivity index (χ2v) is 18.6. The lowest BCUT2D eigenvalue weighted by molar-refractivity contribution is 0.265. The molecule has 3 heterocycles. The van der Waals surface area contributed by atoms with Gasteiger partial charge in [-0.2, -0.15) is 5.10 Å². The minimum Gasteiger partial charge on any atom is -0.487 e. The van der Waals surface area contributed by atoms with E-state index < -0.39 is 8.32 Å². The number of hydrogen-bond acceptors (Lipinski definition) is 7. The van der Waals surface area contributed by atoms with Gasteiger partial charge in [-0.3, -0.25) is 4.68 Å². The van der Waals surface area contributed by atoms with Crippen molar-refractivity contribution in [2.24, 2.45) is 0 Å². The highest BCUT2D eigenvalue weighted by molar-refractivity contribution is 7.22. The molecule has 3 aromatic heterocycles. The first-order valence-corrected chi connectivity index (χ1v) is 18.5. The number of aromatic nitrogens is 4. The van der Waals surface area contributed by atoms with Gasteiger partial charge in [0.05, 0.1) is 29.3 Å². The van der Waals surface area contributed by atoms with E-state index in [2.05, 4.69) is 55.3 Å². The molecule has 2 aromatic carbocycles. The number of fused-ring (bicyclic) bond motifs is 5. The first-order valence-electron chi connectivity index (χ1n) is 14.4. The van der Waals surface area contributed by atoms with Gasteiger partial charge >= 0.3 is 0 Å². The van der Waals surface area contributed by atoms with Gasteiger partial charge in [0.25, 0.3) is 0 Å². The lowest BCUT2D eigenvalue weighted by Gasteiger charge is -2.36. The van der Waals surface area contributed by atoms with E-state index in [4.69, 9.17) is 25.9 Å². The minimum absolute atomic E-state index is 0.181. The standard InChI is InChI=1S/C32H35ClFN5O2SSi/c1-32(2,3)43(4,5)41-14-13-39-17-24-26(38-39)11-10-23-28-30(35-19-36-31(28)42-29(23)24)37-22-9-12-27(25(33)16-22)40-18-20-7-6-8-21(34)15-20/h6-9,12,15-17,19H,10-11,13-14,18H2,1-5H3,(H,35,36,37). The molecule has 0 aliphatic heterocycles. The van der Waals surface area contributed by atoms with Crippen molar-refractivity contribution in [3.63, 3.8) is 0 Å². The number of aryl methyl sites for hydroxylation is 2. The van der Waals surface area contributed by atoms with Gasteiger partial charge < -0.3 is 14.5 Å². The van der Waals surface area contributed by atoms with Crippen molar-refractivity contribution in [2.45, 2.75) is 64.9 Å². The van der Waals surface area contributed by atoms with Gasteiger partial charge in [-0.1, -0.05) is 44.5 Å². The summed E-state index contributed by atoms with van der Waals surface area (Å²) in [4.78, 5) is 11.4. The van der Waals surface area contributed by atoms with Gasteiger partial charge in [0, 0.05) is 22.3 Å². The number of nitrogens with zero attached hydrogens (tertiary/aromatic N) is 4. The predicted molar refractivity (Wildman–Crippen MR) is 175 cm³/mol. The molecule has 0 spiro atoms. The van der Waals surface area contributed by atoms with Crippen molar-refractivity contribution < 1.29 is 13.6 Å². The van der Waals surface area contributed by atoms with Crippen LogP contribution in [0.15, 0.2) is 55.0 Å². The van der Waals surface area contributed by atoms with Crippen molar-refractivity contribution in [1.29, 1.82) is 0 Å². The van der Waals surface area contributed by atoms with Gasteiger partial charge in [0.2, 0.25) is 0 Å². The highest BCUT2D eigenvalue weighted by Crippen LogP contribution is 2.45. The number of thiophene rings is 1. The fourth-order valence-corrected chi connectivity index (χ4v) is 7.46. The summed E-state index contributed by atoms with van der Waals surface area (Å²) >= 11 is 8.24. The molecule has 0 amide bonds. The van der Waals surface area contributed by atoms with E-state index in [0.29, 0.717) is 17.4 Å². The van der Waals surface area contributed by atoms with E-state index in [9.17, 15) is 4.39 Å². The number of hydrogen-bond donors (Lipinski definition) is 1. The Labute approximate surface area is 261 Å². The largest absolute Gasteiger partial charge is 0.487 e. The second-order valence-electron chi connectivity index (χ2n) is 12.4. The maximum atomic E-state index is 13.5. The molecule has 43 heavy (non-hydrogen) atoms. The average Bonchev–Trinajstić information content (AvgIpc) is 3.53. The Balaban J connectivity index is 1.20. The molecule has 0 radical (unpaired) electrons. The minimum atomic E-state index is -1.80. The van der Waals surface area contributed by atoms with Crippen molar-refractivity contribution in [2.75, 3.05) is 11.9 Å². The SMILES string of the molecule is CC(C)(C)[Si](C)(C)OCCn1cc2c(n1)CCc1c-2sc2ncnc(Nc3ccc(OCc4cccc(F)c4)c(Cl)c3)c12. The monoisotopic (exact) mass is 635 g/mol. The zero-order chi connectivity index (χ0) is 30.4. The maximum Gasteiger partial charge on any atom is 0.192 e. The molecule has 6 rings (SSSR count). The molecule has 11 heteroatoms. The molecule has 0 atom stereocenters. The van der Waals surface area contributed by atoms with Crippen molar-refractivity contribution in [3.05, 3.63) is 82.6 Å². The van der Waals surface area contributed by atoms with Crippen LogP contribution >= 0.6 is 22.9 Å². The third kappa shape index (κ3) is 6.19. The highest BCUT2D eigenvalue weighted by Gasteiger charge is 2.37. The molecule has 0 saturated carbocycles. The molecule has 7 nitrogen and oxygen atoms in total. The summed E-state index contributed by atoms with van der Waals surface area (Å²) in [5.41, 5.74) is 5.06. The Bertz CT molecular complexity index is 1800. The van der Waals surface area contributed by atoms with E-state index in [-0.39, 0.29) is 17.5 Å². The normalized spacial score (nSPS) is 13.2. The van der Waals surface area contributed by atoms with Gasteiger partial charge in [-0.25, -0.2) is 14.4 Å². The zero-order valence-corrected chi connectivity index (χ0v) is 27.6. The topological polar surface area (TPSA) is 74.1 Å². The van der Waals surface area contributed by atoms with Gasteiger partial charge in [0.1, 0.15) is 35.1 Å². The van der Waals surface area contributed by atoms with Crippen LogP contribution in [0.5, 0.6) is 5.75 Å². The smallest absolute Gasteiger partial charge is 0.192 e. The van der Waals surface area contributed by atoms with E-state index in [1.807, 2.05) is 22.9 Å². The summed E-state index contributed by atoms with van der Waals surface area (Å²) in [5, 5.41) is 10.0. The Morgan fingerprint density at radius 1 is 1.12 bits per heavy atom. The van der Waals surface area contributed by atoms with Crippen LogP contribution in [0.4, 0.5) is 15.9 Å². The van der Waals surface area contributed by atoms with Crippen LogP contribution < -0.4 is 10.1 Å². The van der Waals surface area contributed by atoms with Crippen molar-refractivity contribution in [3.8, 4) is 16.2 Å². The Hall–Kier alpha value is -3.31. The summed E-state index contributed by atoms with van der Waals surface area (Å²) in [5.74, 6) is 0.970. The molecule has 1 aliphatic carbocycles. The molecule has 0 unspecified atom stereocenters. The summed E-state index contributed by atoms with van der Waals surface area (Å²) in [6.45, 7) is 13.0. The van der Waals surface area contributed by atoms with Crippen LogP contribution in [-0.2, 0) is 30.4 Å². The summed E-state index contributed by atoms with van der Waals surface area (Å²) in [7, 11) is -1.80. The first-order chi connectivity index (χ1) is 20.5. The number of benzene rings is 2. The molecule has 5 aromatic rings. The van der Waals surface area contributed by atoms with Gasteiger partial charge in [0.15, 0.2) is 8.32 Å². The van der Waals surface area contributed by atoms with Crippen LogP contribution in [-0.4, -0.2) is 34.7 Å². The second kappa shape index (κ2) is 11.6. The zero-order valence-electron chi connectivity index (χ0n) is 25.0. The van der Waals surface area contributed by atoms with E-state index in [0.717, 1.165) is 52.4 Å². The Morgan fingerprint density at radius 3 is 2.72 bits per heavy atom. The van der Waals surface area contributed by atoms with Gasteiger partial charge in [-0.15, -0.1) is 11.3 Å². The molecule has 0 bridgehead atoms. The summed E-state index contributed by atoms with van der Waals surface area (Å²) in [6.07, 6.45) is 5.48. The predicted octanol–water partition coefficient (Wildman–Crippen LogP) is 8.79. The number of ether oxygens (including phenoxy) is 1. The molecular formula is C32H35ClFN5O2SSi. The molecular weight excluding hydrogens is 601 g/mol. The maximum absolute atomic E-state index is 13.5. The van der Waals surface area contributed by atoms with E-state index >= 15 is 0 Å². The molecule has 0 saturated heterocycles.